The van der Waals surface area contributed by atoms with E-state index in [9.17, 15) is 35.9 Å². The molecule has 2 rings (SSSR count). The number of rotatable bonds is 4. The van der Waals surface area contributed by atoms with Crippen LogP contribution >= 0.6 is 0 Å². The number of esters is 1. The highest BCUT2D eigenvalue weighted by Gasteiger charge is 2.52. The molecule has 1 unspecified atom stereocenters. The van der Waals surface area contributed by atoms with Gasteiger partial charge in [-0.1, -0.05) is 0 Å². The number of amides is 1. The first-order valence-corrected chi connectivity index (χ1v) is 8.48. The van der Waals surface area contributed by atoms with Gasteiger partial charge in [-0.15, -0.1) is 0 Å². The molecular formula is C17H18F6N2O4. The number of hydrogen-bond acceptors (Lipinski definition) is 5. The minimum atomic E-state index is -4.83. The lowest BCUT2D eigenvalue weighted by Crippen LogP contribution is -2.47. The summed E-state index contributed by atoms with van der Waals surface area (Å²) in [5.74, 6) is -6.74. The van der Waals surface area contributed by atoms with E-state index in [1.54, 1.807) is 0 Å². The molecule has 0 aromatic carbocycles. The van der Waals surface area contributed by atoms with Crippen molar-refractivity contribution < 1.29 is 45.4 Å². The van der Waals surface area contributed by atoms with Gasteiger partial charge in [-0.25, -0.2) is 4.98 Å². The highest BCUT2D eigenvalue weighted by molar-refractivity contribution is 5.96. The number of pyridine rings is 1. The van der Waals surface area contributed by atoms with Crippen molar-refractivity contribution >= 4 is 11.9 Å². The molecule has 1 aromatic rings. The van der Waals surface area contributed by atoms with Crippen molar-refractivity contribution in [1.82, 2.24) is 10.3 Å². The van der Waals surface area contributed by atoms with E-state index in [0.29, 0.717) is 0 Å². The smallest absolute Gasteiger partial charge is 0.391 e. The molecule has 29 heavy (non-hydrogen) atoms. The van der Waals surface area contributed by atoms with E-state index in [0.717, 1.165) is 13.1 Å². The number of aromatic nitrogens is 1. The Labute approximate surface area is 161 Å². The zero-order valence-electron chi connectivity index (χ0n) is 15.4. The van der Waals surface area contributed by atoms with E-state index < -0.39 is 67.1 Å². The van der Waals surface area contributed by atoms with Crippen LogP contribution in [0.3, 0.4) is 0 Å². The van der Waals surface area contributed by atoms with Crippen LogP contribution in [0.5, 0.6) is 11.5 Å². The lowest BCUT2D eigenvalue weighted by molar-refractivity contribution is -0.225. The van der Waals surface area contributed by atoms with Gasteiger partial charge in [-0.3, -0.25) is 9.59 Å². The number of nitrogens with one attached hydrogen (secondary N) is 1. The van der Waals surface area contributed by atoms with Gasteiger partial charge in [0.2, 0.25) is 5.75 Å². The van der Waals surface area contributed by atoms with Gasteiger partial charge >= 0.3 is 18.3 Å². The minimum absolute atomic E-state index is 0.0506. The number of nitrogens with zero attached hydrogens (tertiary/aromatic N) is 1. The second-order valence-corrected chi connectivity index (χ2v) is 6.64. The Bertz CT molecular complexity index is 743. The van der Waals surface area contributed by atoms with Crippen LogP contribution in [0.15, 0.2) is 12.3 Å². The molecule has 1 amide bonds. The number of ether oxygens (including phenoxy) is 2. The summed E-state index contributed by atoms with van der Waals surface area (Å²) in [5.41, 5.74) is -0.489. The Morgan fingerprint density at radius 2 is 1.62 bits per heavy atom. The van der Waals surface area contributed by atoms with Crippen molar-refractivity contribution in [3.63, 3.8) is 0 Å². The molecule has 0 saturated heterocycles. The zero-order chi connectivity index (χ0) is 22.0. The second kappa shape index (κ2) is 8.46. The van der Waals surface area contributed by atoms with Crippen molar-refractivity contribution in [2.45, 2.75) is 44.6 Å². The van der Waals surface area contributed by atoms with Crippen LogP contribution in [-0.4, -0.2) is 42.4 Å². The summed E-state index contributed by atoms with van der Waals surface area (Å²) >= 11 is 0. The van der Waals surface area contributed by atoms with Crippen LogP contribution in [0.25, 0.3) is 0 Å². The lowest BCUT2D eigenvalue weighted by atomic mass is 9.77. The van der Waals surface area contributed by atoms with Crippen LogP contribution < -0.4 is 14.8 Å². The molecule has 6 nitrogen and oxygen atoms in total. The van der Waals surface area contributed by atoms with Crippen LogP contribution in [0, 0.1) is 11.8 Å². The van der Waals surface area contributed by atoms with Gasteiger partial charge in [-0.2, -0.15) is 26.3 Å². The zero-order valence-corrected chi connectivity index (χ0v) is 15.4. The fourth-order valence-electron chi connectivity index (χ4n) is 3.22. The van der Waals surface area contributed by atoms with E-state index in [-0.39, 0.29) is 11.5 Å². The molecule has 162 valence electrons. The molecule has 1 fully saturated rings. The van der Waals surface area contributed by atoms with Gasteiger partial charge in [0.05, 0.1) is 18.9 Å². The number of hydrogen-bond donors (Lipinski definition) is 1. The van der Waals surface area contributed by atoms with Crippen molar-refractivity contribution in [2.24, 2.45) is 11.8 Å². The Hall–Kier alpha value is -2.53. The van der Waals surface area contributed by atoms with E-state index in [4.69, 9.17) is 9.47 Å². The molecular weight excluding hydrogens is 410 g/mol. The summed E-state index contributed by atoms with van der Waals surface area (Å²) in [5, 5.41) is 2.16. The van der Waals surface area contributed by atoms with Crippen LogP contribution in [-0.2, 0) is 4.79 Å². The predicted molar refractivity (Wildman–Crippen MR) is 86.3 cm³/mol. The highest BCUT2D eigenvalue weighted by Crippen LogP contribution is 2.45. The normalized spacial score (nSPS) is 22.7. The summed E-state index contributed by atoms with van der Waals surface area (Å²) in [6.45, 7) is 1.04. The number of alkyl halides is 6. The molecule has 0 spiro atoms. The fraction of sp³-hybridized carbons (Fsp3) is 0.588. The topological polar surface area (TPSA) is 77.5 Å². The highest BCUT2D eigenvalue weighted by atomic mass is 19.4. The maximum absolute atomic E-state index is 13.1. The molecule has 1 aliphatic rings. The van der Waals surface area contributed by atoms with Crippen molar-refractivity contribution in [3.8, 4) is 11.5 Å². The average Bonchev–Trinajstić information content (AvgIpc) is 2.59. The van der Waals surface area contributed by atoms with Gasteiger partial charge in [0.15, 0.2) is 11.4 Å². The van der Waals surface area contributed by atoms with Crippen LogP contribution in [0.4, 0.5) is 26.3 Å². The van der Waals surface area contributed by atoms with E-state index in [1.165, 1.54) is 13.2 Å². The number of methoxy groups -OCH3 is 1. The first-order chi connectivity index (χ1) is 13.3. The lowest BCUT2D eigenvalue weighted by Gasteiger charge is -2.36. The summed E-state index contributed by atoms with van der Waals surface area (Å²) in [6, 6.07) is -0.123. The predicted octanol–water partition coefficient (Wildman–Crippen LogP) is 3.65. The monoisotopic (exact) mass is 428 g/mol. The summed E-state index contributed by atoms with van der Waals surface area (Å²) < 4.78 is 88.3. The third kappa shape index (κ3) is 5.73. The van der Waals surface area contributed by atoms with E-state index in [2.05, 4.69) is 10.3 Å². The molecule has 1 saturated carbocycles. The number of halogens is 6. The maximum atomic E-state index is 13.1. The first kappa shape index (κ1) is 22.8. The molecule has 3 atom stereocenters. The van der Waals surface area contributed by atoms with Gasteiger partial charge in [-0.05, 0) is 19.3 Å². The Morgan fingerprint density at radius 3 is 2.07 bits per heavy atom. The Balaban J connectivity index is 2.28. The molecule has 1 N–H and O–H groups in total. The van der Waals surface area contributed by atoms with Gasteiger partial charge in [0, 0.05) is 25.2 Å². The SMILES string of the molecule is COc1ccnc(C(=O)NC2C[C@@H](C(F)(F)F)C[C@@H](C(F)(F)F)C2)c1OC(C)=O. The third-order valence-electron chi connectivity index (χ3n) is 4.52. The molecule has 0 bridgehead atoms. The Morgan fingerprint density at radius 1 is 1.07 bits per heavy atom. The van der Waals surface area contributed by atoms with Gasteiger partial charge < -0.3 is 14.8 Å². The van der Waals surface area contributed by atoms with Crippen LogP contribution in [0.1, 0.15) is 36.7 Å². The molecule has 0 aliphatic heterocycles. The minimum Gasteiger partial charge on any atom is -0.493 e. The molecule has 1 heterocycles. The summed E-state index contributed by atoms with van der Waals surface area (Å²) in [6.07, 6.45) is -11.0. The maximum Gasteiger partial charge on any atom is 0.391 e. The molecule has 1 aliphatic carbocycles. The largest absolute Gasteiger partial charge is 0.493 e. The Kier molecular flexibility index (Phi) is 6.63. The number of carbonyl (C=O) groups excluding carboxylic acids is 2. The molecule has 0 radical (unpaired) electrons. The summed E-state index contributed by atoms with van der Waals surface area (Å²) in [4.78, 5) is 27.5. The fourth-order valence-corrected chi connectivity index (χ4v) is 3.22. The first-order valence-electron chi connectivity index (χ1n) is 8.48. The second-order valence-electron chi connectivity index (χ2n) is 6.64. The summed E-state index contributed by atoms with van der Waals surface area (Å²) in [7, 11) is 1.22. The standard InChI is InChI=1S/C17H18F6N2O4/c1-8(26)29-14-12(28-2)3-4-24-13(14)15(27)25-11-6-9(16(18,19)20)5-10(7-11)17(21,22)23/h3-4,9-11H,5-7H2,1-2H3,(H,25,27)/t9-,10+,11?. The quantitative estimate of drug-likeness (QED) is 0.585. The third-order valence-corrected chi connectivity index (χ3v) is 4.52. The van der Waals surface area contributed by atoms with Gasteiger partial charge in [0.1, 0.15) is 0 Å². The van der Waals surface area contributed by atoms with Crippen LogP contribution in [0.2, 0.25) is 0 Å². The van der Waals surface area contributed by atoms with E-state index >= 15 is 0 Å². The van der Waals surface area contributed by atoms with E-state index in [1.807, 2.05) is 0 Å². The van der Waals surface area contributed by atoms with Crippen molar-refractivity contribution in [2.75, 3.05) is 7.11 Å². The van der Waals surface area contributed by atoms with Crippen molar-refractivity contribution in [3.05, 3.63) is 18.0 Å². The van der Waals surface area contributed by atoms with Crippen molar-refractivity contribution in [1.29, 1.82) is 0 Å². The molecule has 12 heteroatoms. The van der Waals surface area contributed by atoms with Gasteiger partial charge in [0.25, 0.3) is 5.91 Å². The number of carbonyl (C=O) groups is 2. The average molecular weight is 428 g/mol. The molecule has 1 aromatic heterocycles.